The topological polar surface area (TPSA) is 74.4 Å². The number of amides is 1. The Kier molecular flexibility index (Phi) is 6.03. The van der Waals surface area contributed by atoms with Crippen LogP contribution in [0.1, 0.15) is 51.9 Å². The van der Waals surface area contributed by atoms with E-state index in [1.165, 1.54) is 6.07 Å². The maximum Gasteiger partial charge on any atom is 0.250 e. The summed E-state index contributed by atoms with van der Waals surface area (Å²) in [6.07, 6.45) is 1.02. The zero-order valence-corrected chi connectivity index (χ0v) is 20.1. The van der Waals surface area contributed by atoms with Crippen molar-refractivity contribution < 1.29 is 31.8 Å². The molecule has 5 nitrogen and oxygen atoms in total. The third kappa shape index (κ3) is 3.89. The molecule has 0 aliphatic carbocycles. The highest BCUT2D eigenvalue weighted by atomic mass is 19.2. The van der Waals surface area contributed by atoms with Crippen molar-refractivity contribution in [2.45, 2.75) is 24.7 Å². The molecule has 0 radical (unpaired) electrons. The largest absolute Gasteiger partial charge is 0.493 e. The Labute approximate surface area is 215 Å². The highest BCUT2D eigenvalue weighted by molar-refractivity contribution is 6.04. The molecule has 9 heteroatoms. The average molecular weight is 522 g/mol. The number of pyridine rings is 1. The molecule has 1 amide bonds. The van der Waals surface area contributed by atoms with Crippen LogP contribution >= 0.6 is 0 Å². The molecule has 0 saturated carbocycles. The van der Waals surface area contributed by atoms with Crippen molar-refractivity contribution >= 4 is 16.8 Å². The minimum Gasteiger partial charge on any atom is -0.493 e. The highest BCUT2D eigenvalue weighted by Gasteiger charge is 2.34. The van der Waals surface area contributed by atoms with E-state index in [-0.39, 0.29) is 22.7 Å². The molecule has 0 unspecified atom stereocenters. The van der Waals surface area contributed by atoms with Crippen molar-refractivity contribution in [3.63, 3.8) is 0 Å². The second-order valence-corrected chi connectivity index (χ2v) is 9.51. The van der Waals surface area contributed by atoms with Gasteiger partial charge in [0.05, 0.1) is 30.0 Å². The van der Waals surface area contributed by atoms with Gasteiger partial charge in [0.25, 0.3) is 5.91 Å². The molecular formula is C29H22F4N2O3. The van der Waals surface area contributed by atoms with Crippen molar-refractivity contribution in [3.05, 3.63) is 94.2 Å². The number of carbonyl (C=O) groups excluding carboxylic acids is 1. The van der Waals surface area contributed by atoms with Crippen LogP contribution in [0.5, 0.6) is 5.75 Å². The van der Waals surface area contributed by atoms with E-state index in [2.05, 4.69) is 0 Å². The number of nitrogens with zero attached hydrogens (tertiary/aromatic N) is 1. The summed E-state index contributed by atoms with van der Waals surface area (Å²) in [6.45, 7) is 1.07. The lowest BCUT2D eigenvalue weighted by Crippen LogP contribution is -2.25. The second kappa shape index (κ2) is 9.40. The van der Waals surface area contributed by atoms with E-state index in [0.29, 0.717) is 55.4 Å². The Morgan fingerprint density at radius 1 is 0.974 bits per heavy atom. The zero-order valence-electron chi connectivity index (χ0n) is 20.1. The van der Waals surface area contributed by atoms with Gasteiger partial charge >= 0.3 is 0 Å². The van der Waals surface area contributed by atoms with Gasteiger partial charge < -0.3 is 15.2 Å². The van der Waals surface area contributed by atoms with Crippen molar-refractivity contribution in [3.8, 4) is 16.9 Å². The maximum atomic E-state index is 15.4. The SMILES string of the molecule is NC(=O)c1c([C@H]2CCOc3ccccc32)nc2c(-c3cc(F)cc(F)c3F)c(F)ccc2c1[C@@H]1CCOC1. The van der Waals surface area contributed by atoms with Crippen LogP contribution in [-0.2, 0) is 4.74 Å². The van der Waals surface area contributed by atoms with Gasteiger partial charge in [-0.25, -0.2) is 17.6 Å². The number of primary amides is 1. The van der Waals surface area contributed by atoms with E-state index < -0.39 is 46.2 Å². The number of ether oxygens (including phenoxy) is 2. The minimum absolute atomic E-state index is 0.0141. The number of aromatic nitrogens is 1. The number of fused-ring (bicyclic) bond motifs is 2. The standard InChI is InChI=1S/C29H22F4N2O3/c30-15-11-19(26(33)21(32)12-15)24-20(31)6-5-18-23(14-7-9-37-13-14)25(29(34)36)27(35-28(18)24)17-8-10-38-22-4-2-1-3-16(17)22/h1-6,11-12,14,17H,7-10,13H2,(H2,34,36)/t14-,17+/m1/s1. The molecule has 3 aromatic carbocycles. The number of nitrogens with two attached hydrogens (primary N) is 1. The van der Waals surface area contributed by atoms with Crippen LogP contribution in [0.25, 0.3) is 22.0 Å². The number of hydrogen-bond acceptors (Lipinski definition) is 4. The van der Waals surface area contributed by atoms with Gasteiger partial charge in [0, 0.05) is 46.6 Å². The van der Waals surface area contributed by atoms with Crippen LogP contribution in [-0.4, -0.2) is 30.7 Å². The molecule has 3 heterocycles. The van der Waals surface area contributed by atoms with E-state index in [1.807, 2.05) is 18.2 Å². The first-order valence-corrected chi connectivity index (χ1v) is 12.2. The molecule has 2 aliphatic rings. The summed E-state index contributed by atoms with van der Waals surface area (Å²) in [7, 11) is 0. The quantitative estimate of drug-likeness (QED) is 0.265. The third-order valence-corrected chi connectivity index (χ3v) is 7.31. The Bertz CT molecular complexity index is 1600. The molecule has 2 aliphatic heterocycles. The Hall–Kier alpha value is -3.98. The van der Waals surface area contributed by atoms with E-state index in [4.69, 9.17) is 20.2 Å². The van der Waals surface area contributed by atoms with E-state index in [9.17, 15) is 18.0 Å². The molecule has 6 rings (SSSR count). The van der Waals surface area contributed by atoms with Gasteiger partial charge in [-0.1, -0.05) is 18.2 Å². The van der Waals surface area contributed by atoms with Gasteiger partial charge in [0.2, 0.25) is 0 Å². The van der Waals surface area contributed by atoms with E-state index >= 15 is 4.39 Å². The van der Waals surface area contributed by atoms with Crippen LogP contribution in [0.15, 0.2) is 48.5 Å². The molecule has 1 fully saturated rings. The molecule has 1 aromatic heterocycles. The Morgan fingerprint density at radius 3 is 2.55 bits per heavy atom. The monoisotopic (exact) mass is 522 g/mol. The molecular weight excluding hydrogens is 500 g/mol. The summed E-state index contributed by atoms with van der Waals surface area (Å²) in [5.74, 6) is -5.64. The lowest BCUT2D eigenvalue weighted by atomic mass is 9.81. The van der Waals surface area contributed by atoms with Crippen molar-refractivity contribution in [2.24, 2.45) is 5.73 Å². The lowest BCUT2D eigenvalue weighted by Gasteiger charge is -2.29. The fourth-order valence-corrected chi connectivity index (χ4v) is 5.67. The summed E-state index contributed by atoms with van der Waals surface area (Å²) in [4.78, 5) is 17.8. The first-order valence-electron chi connectivity index (χ1n) is 12.2. The molecule has 0 spiro atoms. The number of rotatable bonds is 4. The number of hydrogen-bond donors (Lipinski definition) is 1. The van der Waals surface area contributed by atoms with Crippen molar-refractivity contribution in [2.75, 3.05) is 19.8 Å². The van der Waals surface area contributed by atoms with Gasteiger partial charge in [-0.2, -0.15) is 0 Å². The van der Waals surface area contributed by atoms with Crippen molar-refractivity contribution in [1.82, 2.24) is 4.98 Å². The van der Waals surface area contributed by atoms with Gasteiger partial charge in [0.1, 0.15) is 17.4 Å². The molecule has 2 atom stereocenters. The van der Waals surface area contributed by atoms with Gasteiger partial charge in [0.15, 0.2) is 11.6 Å². The fraction of sp³-hybridized carbons (Fsp3) is 0.241. The van der Waals surface area contributed by atoms with Crippen LogP contribution in [0.4, 0.5) is 17.6 Å². The van der Waals surface area contributed by atoms with E-state index in [0.717, 1.165) is 17.7 Å². The van der Waals surface area contributed by atoms with Crippen molar-refractivity contribution in [1.29, 1.82) is 0 Å². The Morgan fingerprint density at radius 2 is 1.79 bits per heavy atom. The number of para-hydroxylation sites is 1. The van der Waals surface area contributed by atoms with Crippen LogP contribution in [0.2, 0.25) is 0 Å². The molecule has 0 bridgehead atoms. The van der Waals surface area contributed by atoms with Gasteiger partial charge in [-0.3, -0.25) is 9.78 Å². The molecule has 4 aromatic rings. The summed E-state index contributed by atoms with van der Waals surface area (Å²) in [5, 5.41) is 0.346. The highest BCUT2D eigenvalue weighted by Crippen LogP contribution is 2.45. The van der Waals surface area contributed by atoms with E-state index in [1.54, 1.807) is 6.07 Å². The predicted molar refractivity (Wildman–Crippen MR) is 132 cm³/mol. The molecule has 194 valence electrons. The summed E-state index contributed by atoms with van der Waals surface area (Å²) < 4.78 is 70.3. The third-order valence-electron chi connectivity index (χ3n) is 7.31. The normalized spacial score (nSPS) is 18.8. The number of carbonyl (C=O) groups is 1. The Balaban J connectivity index is 1.74. The zero-order chi connectivity index (χ0) is 26.6. The fourth-order valence-electron chi connectivity index (χ4n) is 5.67. The lowest BCUT2D eigenvalue weighted by molar-refractivity contribution is 0.0997. The first-order chi connectivity index (χ1) is 18.3. The summed E-state index contributed by atoms with van der Waals surface area (Å²) >= 11 is 0. The molecule has 1 saturated heterocycles. The minimum atomic E-state index is -1.45. The number of benzene rings is 3. The first kappa shape index (κ1) is 24.4. The van der Waals surface area contributed by atoms with Gasteiger partial charge in [-0.05, 0) is 42.7 Å². The summed E-state index contributed by atoms with van der Waals surface area (Å²) in [5.41, 5.74) is 6.71. The smallest absolute Gasteiger partial charge is 0.250 e. The molecule has 2 N–H and O–H groups in total. The van der Waals surface area contributed by atoms with Crippen LogP contribution < -0.4 is 10.5 Å². The van der Waals surface area contributed by atoms with Crippen LogP contribution in [0, 0.1) is 23.3 Å². The maximum absolute atomic E-state index is 15.4. The number of halogens is 4. The predicted octanol–water partition coefficient (Wildman–Crippen LogP) is 5.98. The average Bonchev–Trinajstić information content (AvgIpc) is 3.44. The van der Waals surface area contributed by atoms with Crippen LogP contribution in [0.3, 0.4) is 0 Å². The molecule has 38 heavy (non-hydrogen) atoms. The summed E-state index contributed by atoms with van der Waals surface area (Å²) in [6, 6.07) is 10.9. The second-order valence-electron chi connectivity index (χ2n) is 9.51. The van der Waals surface area contributed by atoms with Gasteiger partial charge in [-0.15, -0.1) is 0 Å².